The Morgan fingerprint density at radius 1 is 1.12 bits per heavy atom. The maximum atomic E-state index is 14.7. The van der Waals surface area contributed by atoms with Crippen molar-refractivity contribution in [2.24, 2.45) is 0 Å². The van der Waals surface area contributed by atoms with E-state index in [9.17, 15) is 9.50 Å². The Balaban J connectivity index is 1.99. The highest BCUT2D eigenvalue weighted by Crippen LogP contribution is 2.37. The highest BCUT2D eigenvalue weighted by atomic mass is 28.4. The van der Waals surface area contributed by atoms with Gasteiger partial charge in [0.2, 0.25) is 8.32 Å². The molecule has 176 valence electrons. The SMILES string of the molecule is C=CCN(C)CCCOc1ccc(C(O)c2ccc(O[Si](C)(C)C(C)(C)C)cc2)c(F)c1. The second-order valence-electron chi connectivity index (χ2n) is 9.77. The van der Waals surface area contributed by atoms with Gasteiger partial charge < -0.3 is 19.2 Å². The molecule has 2 aromatic carbocycles. The topological polar surface area (TPSA) is 41.9 Å². The van der Waals surface area contributed by atoms with Gasteiger partial charge in [0.05, 0.1) is 6.61 Å². The molecule has 0 aromatic heterocycles. The van der Waals surface area contributed by atoms with E-state index in [1.54, 1.807) is 24.3 Å². The van der Waals surface area contributed by atoms with Crippen LogP contribution in [0.2, 0.25) is 18.1 Å². The van der Waals surface area contributed by atoms with Gasteiger partial charge in [-0.2, -0.15) is 0 Å². The molecule has 2 aromatic rings. The van der Waals surface area contributed by atoms with E-state index >= 15 is 0 Å². The van der Waals surface area contributed by atoms with Crippen LogP contribution in [0.5, 0.6) is 11.5 Å². The summed E-state index contributed by atoms with van der Waals surface area (Å²) in [4.78, 5) is 2.14. The number of halogens is 1. The lowest BCUT2D eigenvalue weighted by Gasteiger charge is -2.36. The number of hydrogen-bond acceptors (Lipinski definition) is 4. The van der Waals surface area contributed by atoms with Crippen LogP contribution in [0, 0.1) is 5.82 Å². The van der Waals surface area contributed by atoms with Gasteiger partial charge in [-0.25, -0.2) is 4.39 Å². The molecule has 1 unspecified atom stereocenters. The van der Waals surface area contributed by atoms with Crippen LogP contribution in [-0.2, 0) is 0 Å². The second kappa shape index (κ2) is 11.1. The molecule has 0 radical (unpaired) electrons. The molecule has 6 heteroatoms. The summed E-state index contributed by atoms with van der Waals surface area (Å²) in [6, 6.07) is 11.9. The molecule has 0 saturated heterocycles. The molecule has 0 fully saturated rings. The van der Waals surface area contributed by atoms with Gasteiger partial charge in [-0.1, -0.05) is 39.0 Å². The van der Waals surface area contributed by atoms with Gasteiger partial charge in [0, 0.05) is 24.7 Å². The van der Waals surface area contributed by atoms with E-state index in [1.165, 1.54) is 6.07 Å². The van der Waals surface area contributed by atoms with Crippen LogP contribution < -0.4 is 9.16 Å². The van der Waals surface area contributed by atoms with Crippen molar-refractivity contribution in [3.63, 3.8) is 0 Å². The second-order valence-corrected chi connectivity index (χ2v) is 14.5. The zero-order valence-electron chi connectivity index (χ0n) is 20.3. The number of ether oxygens (including phenoxy) is 1. The Morgan fingerprint density at radius 2 is 1.75 bits per heavy atom. The minimum atomic E-state index is -1.94. The van der Waals surface area contributed by atoms with Gasteiger partial charge in [0.15, 0.2) is 0 Å². The van der Waals surface area contributed by atoms with Crippen molar-refractivity contribution in [3.05, 3.63) is 72.1 Å². The smallest absolute Gasteiger partial charge is 0.250 e. The largest absolute Gasteiger partial charge is 0.544 e. The number of nitrogens with zero attached hydrogens (tertiary/aromatic N) is 1. The Hall–Kier alpha value is -2.15. The quantitative estimate of drug-likeness (QED) is 0.248. The summed E-state index contributed by atoms with van der Waals surface area (Å²) in [7, 11) is 0.0798. The summed E-state index contributed by atoms with van der Waals surface area (Å²) in [6.07, 6.45) is 1.63. The summed E-state index contributed by atoms with van der Waals surface area (Å²) in [5.74, 6) is 0.749. The lowest BCUT2D eigenvalue weighted by Crippen LogP contribution is -2.43. The third kappa shape index (κ3) is 7.19. The maximum absolute atomic E-state index is 14.7. The van der Waals surface area contributed by atoms with Crippen molar-refractivity contribution < 1.29 is 18.7 Å². The number of rotatable bonds is 11. The van der Waals surface area contributed by atoms with E-state index in [-0.39, 0.29) is 10.6 Å². The Labute approximate surface area is 193 Å². The van der Waals surface area contributed by atoms with Crippen LogP contribution in [0.1, 0.15) is 44.4 Å². The Morgan fingerprint density at radius 3 is 2.31 bits per heavy atom. The van der Waals surface area contributed by atoms with Crippen molar-refractivity contribution in [3.8, 4) is 11.5 Å². The van der Waals surface area contributed by atoms with E-state index in [1.807, 2.05) is 25.3 Å². The van der Waals surface area contributed by atoms with Crippen LogP contribution in [0.25, 0.3) is 0 Å². The number of hydrogen-bond donors (Lipinski definition) is 1. The van der Waals surface area contributed by atoms with E-state index < -0.39 is 20.2 Å². The molecule has 0 heterocycles. The molecule has 0 aliphatic rings. The first-order chi connectivity index (χ1) is 14.9. The number of aliphatic hydroxyl groups excluding tert-OH is 1. The molecule has 1 atom stereocenters. The highest BCUT2D eigenvalue weighted by molar-refractivity contribution is 6.74. The minimum Gasteiger partial charge on any atom is -0.544 e. The molecule has 4 nitrogen and oxygen atoms in total. The van der Waals surface area contributed by atoms with Crippen molar-refractivity contribution in [1.29, 1.82) is 0 Å². The Kier molecular flexibility index (Phi) is 9.07. The van der Waals surface area contributed by atoms with E-state index in [2.05, 4.69) is 45.3 Å². The molecule has 1 N–H and O–H groups in total. The average molecular weight is 460 g/mol. The van der Waals surface area contributed by atoms with Gasteiger partial charge in [0.25, 0.3) is 0 Å². The maximum Gasteiger partial charge on any atom is 0.250 e. The van der Waals surface area contributed by atoms with Crippen LogP contribution in [0.4, 0.5) is 4.39 Å². The average Bonchev–Trinajstić information content (AvgIpc) is 2.70. The molecule has 0 aliphatic heterocycles. The Bertz CT molecular complexity index is 878. The van der Waals surface area contributed by atoms with Crippen LogP contribution in [0.15, 0.2) is 55.1 Å². The van der Waals surface area contributed by atoms with Crippen LogP contribution >= 0.6 is 0 Å². The molecular formula is C26H38FNO3Si. The van der Waals surface area contributed by atoms with Crippen LogP contribution in [-0.4, -0.2) is 45.1 Å². The van der Waals surface area contributed by atoms with Crippen molar-refractivity contribution in [2.45, 2.75) is 51.4 Å². The van der Waals surface area contributed by atoms with Crippen LogP contribution in [0.3, 0.4) is 0 Å². The third-order valence-electron chi connectivity index (χ3n) is 6.04. The van der Waals surface area contributed by atoms with Gasteiger partial charge in [0.1, 0.15) is 23.4 Å². The third-order valence-corrected chi connectivity index (χ3v) is 10.4. The summed E-state index contributed by atoms with van der Waals surface area (Å²) >= 11 is 0. The van der Waals surface area contributed by atoms with Crippen molar-refractivity contribution in [2.75, 3.05) is 26.7 Å². The first kappa shape index (κ1) is 26.1. The number of aliphatic hydroxyl groups is 1. The predicted molar refractivity (Wildman–Crippen MR) is 133 cm³/mol. The van der Waals surface area contributed by atoms with Crippen molar-refractivity contribution in [1.82, 2.24) is 4.90 Å². The lowest BCUT2D eigenvalue weighted by molar-refractivity contribution is 0.214. The predicted octanol–water partition coefficient (Wildman–Crippen LogP) is 6.18. The summed E-state index contributed by atoms with van der Waals surface area (Å²) < 4.78 is 26.6. The van der Waals surface area contributed by atoms with E-state index in [4.69, 9.17) is 9.16 Å². The molecule has 0 spiro atoms. The summed E-state index contributed by atoms with van der Waals surface area (Å²) in [6.45, 7) is 16.9. The highest BCUT2D eigenvalue weighted by Gasteiger charge is 2.38. The van der Waals surface area contributed by atoms with Gasteiger partial charge in [-0.15, -0.1) is 6.58 Å². The fourth-order valence-electron chi connectivity index (χ4n) is 3.00. The number of likely N-dealkylation sites (N-methyl/N-ethyl adjacent to an activating group) is 1. The fourth-order valence-corrected chi connectivity index (χ4v) is 4.03. The van der Waals surface area contributed by atoms with E-state index in [0.717, 1.165) is 25.3 Å². The van der Waals surface area contributed by atoms with Gasteiger partial charge >= 0.3 is 0 Å². The van der Waals surface area contributed by atoms with E-state index in [0.29, 0.717) is 17.9 Å². The zero-order chi connectivity index (χ0) is 23.9. The molecule has 0 bridgehead atoms. The first-order valence-corrected chi connectivity index (χ1v) is 14.0. The zero-order valence-corrected chi connectivity index (χ0v) is 21.3. The van der Waals surface area contributed by atoms with Crippen molar-refractivity contribution >= 4 is 8.32 Å². The molecule has 0 amide bonds. The summed E-state index contributed by atoms with van der Waals surface area (Å²) in [5, 5.41) is 10.8. The minimum absolute atomic E-state index is 0.0969. The molecule has 32 heavy (non-hydrogen) atoms. The molecule has 2 rings (SSSR count). The fraction of sp³-hybridized carbons (Fsp3) is 0.462. The number of benzene rings is 2. The normalized spacial score (nSPS) is 13.2. The summed E-state index contributed by atoms with van der Waals surface area (Å²) in [5.41, 5.74) is 0.839. The standard InChI is InChI=1S/C26H38FNO3Si/c1-8-16-28(5)17-9-18-30-22-14-15-23(24(27)19-22)25(29)20-10-12-21(13-11-20)31-32(6,7)26(2,3)4/h8,10-15,19,25,29H,1,9,16-18H2,2-7H3. The molecule has 0 aliphatic carbocycles. The first-order valence-electron chi connectivity index (χ1n) is 11.1. The lowest BCUT2D eigenvalue weighted by atomic mass is 10.0. The van der Waals surface area contributed by atoms with Gasteiger partial charge in [-0.3, -0.25) is 0 Å². The van der Waals surface area contributed by atoms with Gasteiger partial charge in [-0.05, 0) is 61.4 Å². The molecular weight excluding hydrogens is 421 g/mol. The molecule has 0 saturated carbocycles. The monoisotopic (exact) mass is 459 g/mol.